The molecule has 1 aromatic carbocycles. The highest BCUT2D eigenvalue weighted by Gasteiger charge is 2.26. The average Bonchev–Trinajstić information content (AvgIpc) is 2.41. The lowest BCUT2D eigenvalue weighted by atomic mass is 9.86. The number of para-hydroxylation sites is 1. The molecule has 3 nitrogen and oxygen atoms in total. The molecule has 0 saturated heterocycles. The molecular weight excluding hydrogens is 243 g/mol. The van der Waals surface area contributed by atoms with Crippen molar-refractivity contribution in [2.75, 3.05) is 12.8 Å². The van der Waals surface area contributed by atoms with E-state index in [1.54, 1.807) is 18.0 Å². The number of carbonyl (C=O) groups is 1. The van der Waals surface area contributed by atoms with Crippen molar-refractivity contribution in [2.24, 2.45) is 5.92 Å². The third-order valence-corrected chi connectivity index (χ3v) is 4.14. The van der Waals surface area contributed by atoms with Crippen LogP contribution in [0.2, 0.25) is 0 Å². The monoisotopic (exact) mass is 264 g/mol. The van der Waals surface area contributed by atoms with Crippen LogP contribution in [0, 0.1) is 11.7 Å². The predicted molar refractivity (Wildman–Crippen MR) is 74.3 cm³/mol. The van der Waals surface area contributed by atoms with Gasteiger partial charge in [-0.05, 0) is 43.7 Å². The Hall–Kier alpha value is -1.58. The second-order valence-corrected chi connectivity index (χ2v) is 5.53. The van der Waals surface area contributed by atoms with Crippen LogP contribution >= 0.6 is 0 Å². The number of nitrogens with zero attached hydrogens (tertiary/aromatic N) is 1. The van der Waals surface area contributed by atoms with E-state index in [0.717, 1.165) is 31.6 Å². The summed E-state index contributed by atoms with van der Waals surface area (Å²) in [5.41, 5.74) is 5.86. The van der Waals surface area contributed by atoms with E-state index in [0.29, 0.717) is 0 Å². The lowest BCUT2D eigenvalue weighted by molar-refractivity contribution is 0.0680. The smallest absolute Gasteiger partial charge is 0.256 e. The summed E-state index contributed by atoms with van der Waals surface area (Å²) in [5.74, 6) is 0.0204. The number of benzene rings is 1. The zero-order valence-electron chi connectivity index (χ0n) is 11.5. The van der Waals surface area contributed by atoms with Crippen molar-refractivity contribution in [1.82, 2.24) is 4.90 Å². The highest BCUT2D eigenvalue weighted by molar-refractivity contribution is 5.99. The van der Waals surface area contributed by atoms with Crippen LogP contribution in [0.5, 0.6) is 0 Å². The molecule has 1 aliphatic carbocycles. The summed E-state index contributed by atoms with van der Waals surface area (Å²) in [6, 6.07) is 4.62. The van der Waals surface area contributed by atoms with Gasteiger partial charge in [0.1, 0.15) is 5.82 Å². The Balaban J connectivity index is 2.13. The normalized spacial score (nSPS) is 23.1. The van der Waals surface area contributed by atoms with Crippen molar-refractivity contribution in [2.45, 2.75) is 38.6 Å². The minimum atomic E-state index is -0.531. The molecule has 0 spiro atoms. The number of nitrogens with two attached hydrogens (primary N) is 1. The molecule has 0 aromatic heterocycles. The Morgan fingerprint density at radius 3 is 2.58 bits per heavy atom. The van der Waals surface area contributed by atoms with Gasteiger partial charge in [0.2, 0.25) is 0 Å². The average molecular weight is 264 g/mol. The van der Waals surface area contributed by atoms with Gasteiger partial charge in [0.25, 0.3) is 5.91 Å². The third kappa shape index (κ3) is 2.88. The maximum absolute atomic E-state index is 13.4. The molecule has 0 aliphatic heterocycles. The van der Waals surface area contributed by atoms with E-state index >= 15 is 0 Å². The van der Waals surface area contributed by atoms with Crippen LogP contribution in [0.1, 0.15) is 43.0 Å². The Labute approximate surface area is 113 Å². The van der Waals surface area contributed by atoms with Crippen LogP contribution in [0.15, 0.2) is 18.2 Å². The third-order valence-electron chi connectivity index (χ3n) is 4.14. The van der Waals surface area contributed by atoms with Crippen LogP contribution < -0.4 is 5.73 Å². The first-order valence-corrected chi connectivity index (χ1v) is 6.82. The molecule has 1 amide bonds. The molecule has 1 aliphatic rings. The van der Waals surface area contributed by atoms with Gasteiger partial charge in [0, 0.05) is 13.1 Å². The molecule has 1 fully saturated rings. The molecule has 1 aromatic rings. The maximum atomic E-state index is 13.4. The van der Waals surface area contributed by atoms with Crippen molar-refractivity contribution < 1.29 is 9.18 Å². The minimum Gasteiger partial charge on any atom is -0.396 e. The molecule has 4 heteroatoms. The molecule has 0 atom stereocenters. The highest BCUT2D eigenvalue weighted by atomic mass is 19.1. The number of carbonyl (C=O) groups excluding carboxylic acids is 1. The number of hydrogen-bond donors (Lipinski definition) is 1. The van der Waals surface area contributed by atoms with Gasteiger partial charge in [-0.2, -0.15) is 0 Å². The Morgan fingerprint density at radius 2 is 1.95 bits per heavy atom. The van der Waals surface area contributed by atoms with Crippen molar-refractivity contribution in [3.63, 3.8) is 0 Å². The number of rotatable bonds is 2. The quantitative estimate of drug-likeness (QED) is 0.834. The van der Waals surface area contributed by atoms with E-state index < -0.39 is 5.82 Å². The van der Waals surface area contributed by atoms with Crippen molar-refractivity contribution >= 4 is 11.6 Å². The second kappa shape index (κ2) is 5.59. The summed E-state index contributed by atoms with van der Waals surface area (Å²) in [6.45, 7) is 2.24. The molecule has 2 rings (SSSR count). The van der Waals surface area contributed by atoms with E-state index in [1.165, 1.54) is 12.1 Å². The summed E-state index contributed by atoms with van der Waals surface area (Å²) in [4.78, 5) is 14.1. The first-order chi connectivity index (χ1) is 9.00. The SMILES string of the molecule is CC1CCC(N(C)C(=O)c2cccc(F)c2N)CC1. The van der Waals surface area contributed by atoms with Gasteiger partial charge in [-0.25, -0.2) is 4.39 Å². The van der Waals surface area contributed by atoms with Crippen LogP contribution in [0.25, 0.3) is 0 Å². The van der Waals surface area contributed by atoms with E-state index in [4.69, 9.17) is 5.73 Å². The van der Waals surface area contributed by atoms with E-state index in [1.807, 2.05) is 0 Å². The lowest BCUT2D eigenvalue weighted by Crippen LogP contribution is -2.39. The molecule has 0 bridgehead atoms. The zero-order valence-corrected chi connectivity index (χ0v) is 11.5. The van der Waals surface area contributed by atoms with Gasteiger partial charge < -0.3 is 10.6 Å². The number of nitrogen functional groups attached to an aromatic ring is 1. The van der Waals surface area contributed by atoms with Gasteiger partial charge in [-0.15, -0.1) is 0 Å². The second-order valence-electron chi connectivity index (χ2n) is 5.53. The molecular formula is C15H21FN2O. The highest BCUT2D eigenvalue weighted by Crippen LogP contribution is 2.28. The van der Waals surface area contributed by atoms with Crippen molar-refractivity contribution in [3.05, 3.63) is 29.6 Å². The molecule has 2 N–H and O–H groups in total. The summed E-state index contributed by atoms with van der Waals surface area (Å²) in [6.07, 6.45) is 4.30. The topological polar surface area (TPSA) is 46.3 Å². The standard InChI is InChI=1S/C15H21FN2O/c1-10-6-8-11(9-7-10)18(2)15(19)12-4-3-5-13(16)14(12)17/h3-5,10-11H,6-9,17H2,1-2H3. The first-order valence-electron chi connectivity index (χ1n) is 6.82. The molecule has 0 heterocycles. The molecule has 104 valence electrons. The van der Waals surface area contributed by atoms with Crippen LogP contribution in [-0.4, -0.2) is 23.9 Å². The fraction of sp³-hybridized carbons (Fsp3) is 0.533. The zero-order chi connectivity index (χ0) is 14.0. The van der Waals surface area contributed by atoms with E-state index in [2.05, 4.69) is 6.92 Å². The van der Waals surface area contributed by atoms with Gasteiger partial charge in [0.15, 0.2) is 0 Å². The summed E-state index contributed by atoms with van der Waals surface area (Å²) < 4.78 is 13.4. The molecule has 0 unspecified atom stereocenters. The number of hydrogen-bond acceptors (Lipinski definition) is 2. The summed E-state index contributed by atoms with van der Waals surface area (Å²) in [5, 5.41) is 0. The first kappa shape index (κ1) is 13.8. The lowest BCUT2D eigenvalue weighted by Gasteiger charge is -2.33. The largest absolute Gasteiger partial charge is 0.396 e. The number of anilines is 1. The minimum absolute atomic E-state index is 0.0523. The van der Waals surface area contributed by atoms with Crippen molar-refractivity contribution in [3.8, 4) is 0 Å². The fourth-order valence-electron chi connectivity index (χ4n) is 2.71. The van der Waals surface area contributed by atoms with Gasteiger partial charge in [0.05, 0.1) is 11.3 Å². The van der Waals surface area contributed by atoms with Crippen LogP contribution in [-0.2, 0) is 0 Å². The molecule has 1 saturated carbocycles. The van der Waals surface area contributed by atoms with Crippen LogP contribution in [0.4, 0.5) is 10.1 Å². The Kier molecular flexibility index (Phi) is 4.08. The fourth-order valence-corrected chi connectivity index (χ4v) is 2.71. The Bertz CT molecular complexity index is 467. The number of halogens is 1. The summed E-state index contributed by atoms with van der Waals surface area (Å²) in [7, 11) is 1.79. The Morgan fingerprint density at radius 1 is 1.32 bits per heavy atom. The van der Waals surface area contributed by atoms with Crippen molar-refractivity contribution in [1.29, 1.82) is 0 Å². The maximum Gasteiger partial charge on any atom is 0.256 e. The molecule has 19 heavy (non-hydrogen) atoms. The molecule has 0 radical (unpaired) electrons. The predicted octanol–water partition coefficient (Wildman–Crippen LogP) is 3.06. The summed E-state index contributed by atoms with van der Waals surface area (Å²) >= 11 is 0. The van der Waals surface area contributed by atoms with Gasteiger partial charge in [-0.1, -0.05) is 13.0 Å². The van der Waals surface area contributed by atoms with Gasteiger partial charge >= 0.3 is 0 Å². The van der Waals surface area contributed by atoms with E-state index in [-0.39, 0.29) is 23.2 Å². The van der Waals surface area contributed by atoms with Crippen LogP contribution in [0.3, 0.4) is 0 Å². The number of amides is 1. The van der Waals surface area contributed by atoms with E-state index in [9.17, 15) is 9.18 Å². The van der Waals surface area contributed by atoms with Gasteiger partial charge in [-0.3, -0.25) is 4.79 Å².